The van der Waals surface area contributed by atoms with E-state index in [-0.39, 0.29) is 46.5 Å². The second-order valence-electron chi connectivity index (χ2n) is 5.44. The number of hydrogen-bond acceptors (Lipinski definition) is 12. The minimum absolute atomic E-state index is 0. The third-order valence-electron chi connectivity index (χ3n) is 3.61. The van der Waals surface area contributed by atoms with Gasteiger partial charge in [-0.15, -0.1) is 0 Å². The Morgan fingerprint density at radius 3 is 2.57 bits per heavy atom. The molecule has 28 heavy (non-hydrogen) atoms. The van der Waals surface area contributed by atoms with Gasteiger partial charge in [-0.2, -0.15) is 0 Å². The fourth-order valence-electron chi connectivity index (χ4n) is 2.47. The molecule has 2 aromatic heterocycles. The molecule has 1 saturated heterocycles. The van der Waals surface area contributed by atoms with E-state index >= 15 is 0 Å². The zero-order valence-corrected chi connectivity index (χ0v) is 18.0. The summed E-state index contributed by atoms with van der Waals surface area (Å²) >= 11 is 0. The van der Waals surface area contributed by atoms with Gasteiger partial charge in [0.2, 0.25) is 0 Å². The molecule has 0 spiro atoms. The number of nitrogen functional groups attached to an aromatic ring is 1. The van der Waals surface area contributed by atoms with Crippen molar-refractivity contribution in [3.63, 3.8) is 0 Å². The number of phosphoric ester groups is 1. The van der Waals surface area contributed by atoms with Gasteiger partial charge in [-0.25, -0.2) is 23.8 Å². The number of aliphatic hydroxyl groups is 2. The molecule has 0 aliphatic carbocycles. The Balaban J connectivity index is 0.00000280. The maximum atomic E-state index is 11.4. The summed E-state index contributed by atoms with van der Waals surface area (Å²) in [5, 5.41) is 20.3. The predicted octanol–water partition coefficient (Wildman–Crippen LogP) is -5.37. The molecule has 0 amide bonds. The van der Waals surface area contributed by atoms with Crippen molar-refractivity contribution in [3.8, 4) is 0 Å². The van der Waals surface area contributed by atoms with Crippen LogP contribution in [0.4, 0.5) is 5.82 Å². The van der Waals surface area contributed by atoms with E-state index in [4.69, 9.17) is 15.4 Å². The van der Waals surface area contributed by atoms with E-state index < -0.39 is 46.8 Å². The van der Waals surface area contributed by atoms with E-state index in [2.05, 4.69) is 23.8 Å². The minimum Gasteiger partial charge on any atom is -0.756 e. The summed E-state index contributed by atoms with van der Waals surface area (Å²) < 4.78 is 36.5. The minimum atomic E-state index is -5.54. The Morgan fingerprint density at radius 2 is 1.93 bits per heavy atom. The molecule has 0 aromatic carbocycles. The van der Waals surface area contributed by atoms with Crippen LogP contribution in [0.15, 0.2) is 12.7 Å². The summed E-state index contributed by atoms with van der Waals surface area (Å²) in [7, 11) is -10.7. The van der Waals surface area contributed by atoms with Gasteiger partial charge in [0.1, 0.15) is 30.2 Å². The van der Waals surface area contributed by atoms with Gasteiger partial charge in [0, 0.05) is 0 Å². The van der Waals surface area contributed by atoms with Crippen LogP contribution < -0.4 is 40.2 Å². The van der Waals surface area contributed by atoms with E-state index in [1.165, 1.54) is 10.9 Å². The first-order valence-corrected chi connectivity index (χ1v) is 10.1. The van der Waals surface area contributed by atoms with Crippen LogP contribution >= 0.6 is 15.6 Å². The molecule has 0 bridgehead atoms. The van der Waals surface area contributed by atoms with Crippen LogP contribution in [0.3, 0.4) is 0 Å². The third kappa shape index (κ3) is 5.15. The summed E-state index contributed by atoms with van der Waals surface area (Å²) in [5.74, 6) is 0.0797. The topological polar surface area (TPSA) is 235 Å². The first-order chi connectivity index (χ1) is 12.5. The van der Waals surface area contributed by atoms with Gasteiger partial charge < -0.3 is 35.4 Å². The van der Waals surface area contributed by atoms with Crippen molar-refractivity contribution in [2.24, 2.45) is 0 Å². The maximum absolute atomic E-state index is 11.4. The number of nitrogens with zero attached hydrogens (tertiary/aromatic N) is 4. The summed E-state index contributed by atoms with van der Waals surface area (Å²) in [5.41, 5.74) is 6.09. The maximum Gasteiger partial charge on any atom is 1.00 e. The molecular formula is C10H14N5NaO10P2. The molecule has 18 heteroatoms. The number of nitrogens with two attached hydrogens (primary N) is 1. The monoisotopic (exact) mass is 449 g/mol. The first-order valence-electron chi connectivity index (χ1n) is 7.15. The number of imidazole rings is 1. The van der Waals surface area contributed by atoms with Gasteiger partial charge >= 0.3 is 37.4 Å². The van der Waals surface area contributed by atoms with Crippen molar-refractivity contribution in [2.45, 2.75) is 24.5 Å². The Kier molecular flexibility index (Phi) is 7.38. The number of anilines is 1. The molecule has 3 heterocycles. The van der Waals surface area contributed by atoms with Crippen LogP contribution in [0.1, 0.15) is 6.23 Å². The average molecular weight is 449 g/mol. The second kappa shape index (κ2) is 8.70. The summed E-state index contributed by atoms with van der Waals surface area (Å²) in [6.45, 7) is -0.841. The van der Waals surface area contributed by atoms with Crippen LogP contribution in [-0.4, -0.2) is 64.4 Å². The van der Waals surface area contributed by atoms with E-state index in [0.29, 0.717) is 0 Å². The van der Waals surface area contributed by atoms with Gasteiger partial charge in [-0.05, 0) is 0 Å². The largest absolute Gasteiger partial charge is 1.00 e. The number of ether oxygens (including phenoxy) is 1. The van der Waals surface area contributed by atoms with Crippen molar-refractivity contribution >= 4 is 32.6 Å². The summed E-state index contributed by atoms with van der Waals surface area (Å²) in [6, 6.07) is 0. The average Bonchev–Trinajstić information content (AvgIpc) is 3.07. The molecule has 1 aliphatic rings. The van der Waals surface area contributed by atoms with E-state index in [9.17, 15) is 29.1 Å². The van der Waals surface area contributed by atoms with Crippen LogP contribution in [0.2, 0.25) is 0 Å². The molecule has 6 N–H and O–H groups in total. The molecule has 6 atom stereocenters. The Labute approximate surface area is 178 Å². The Morgan fingerprint density at radius 1 is 1.25 bits per heavy atom. The van der Waals surface area contributed by atoms with Crippen molar-refractivity contribution in [2.75, 3.05) is 12.3 Å². The van der Waals surface area contributed by atoms with Gasteiger partial charge in [-0.3, -0.25) is 13.7 Å². The number of rotatable bonds is 6. The number of hydrogen-bond donors (Lipinski definition) is 5. The molecular weight excluding hydrogens is 435 g/mol. The predicted molar refractivity (Wildman–Crippen MR) is 82.3 cm³/mol. The fraction of sp³-hybridized carbons (Fsp3) is 0.500. The quantitative estimate of drug-likeness (QED) is 0.205. The van der Waals surface area contributed by atoms with Crippen molar-refractivity contribution in [1.82, 2.24) is 19.5 Å². The number of aliphatic hydroxyl groups excluding tert-OH is 2. The molecule has 3 rings (SSSR count). The Bertz CT molecular complexity index is 938. The standard InChI is InChI=1S/C10H15N5O10P2.Na/c11-8-5-9(13-2-12-8)15(3-14-5)10-7(17)6(16)4(24-10)1-23-27(21,22)25-26(18,19)20;/h2-4,6-7,10,16-17H,1H2,(H,21,22)(H2,11,12,13)(H2,18,19,20);/q;+1/p-1/t4-,6?,7?,10-;/m1./s1. The molecule has 2 aromatic rings. The molecule has 4 unspecified atom stereocenters. The van der Waals surface area contributed by atoms with Crippen LogP contribution in [-0.2, 0) is 22.7 Å². The number of phosphoric acid groups is 2. The summed E-state index contributed by atoms with van der Waals surface area (Å²) in [4.78, 5) is 39.9. The Hall–Kier alpha value is -0.510. The van der Waals surface area contributed by atoms with E-state index in [1.807, 2.05) is 0 Å². The van der Waals surface area contributed by atoms with Gasteiger partial charge in [0.05, 0.1) is 12.9 Å². The van der Waals surface area contributed by atoms with E-state index in [1.54, 1.807) is 0 Å². The first kappa shape index (κ1) is 23.8. The summed E-state index contributed by atoms with van der Waals surface area (Å²) in [6.07, 6.45) is -3.27. The molecule has 1 aliphatic heterocycles. The number of fused-ring (bicyclic) bond motifs is 1. The smallest absolute Gasteiger partial charge is 0.756 e. The van der Waals surface area contributed by atoms with Crippen LogP contribution in [0.25, 0.3) is 11.2 Å². The van der Waals surface area contributed by atoms with Crippen molar-refractivity contribution in [1.29, 1.82) is 0 Å². The zero-order valence-electron chi connectivity index (χ0n) is 14.2. The van der Waals surface area contributed by atoms with Crippen molar-refractivity contribution < 1.29 is 77.2 Å². The molecule has 0 saturated carbocycles. The van der Waals surface area contributed by atoms with Crippen LogP contribution in [0.5, 0.6) is 0 Å². The van der Waals surface area contributed by atoms with Crippen LogP contribution in [0, 0.1) is 0 Å². The molecule has 1 fully saturated rings. The van der Waals surface area contributed by atoms with E-state index in [0.717, 1.165) is 6.33 Å². The molecule has 15 nitrogen and oxygen atoms in total. The molecule has 0 radical (unpaired) electrons. The fourth-order valence-corrected chi connectivity index (χ4v) is 4.04. The van der Waals surface area contributed by atoms with Gasteiger partial charge in [0.15, 0.2) is 17.7 Å². The zero-order chi connectivity index (χ0) is 20.0. The van der Waals surface area contributed by atoms with Crippen molar-refractivity contribution in [3.05, 3.63) is 12.7 Å². The van der Waals surface area contributed by atoms with Gasteiger partial charge in [-0.1, -0.05) is 0 Å². The molecule has 150 valence electrons. The SMILES string of the molecule is Nc1ncnc2c1ncn2[C@@H]1O[C@H](COP(=O)(O)OP(=O)([O-])O)C(O)C1O.[Na+]. The third-order valence-corrected chi connectivity index (χ3v) is 5.73. The second-order valence-corrected chi connectivity index (χ2v) is 8.23. The van der Waals surface area contributed by atoms with Gasteiger partial charge in [0.25, 0.3) is 7.82 Å². The number of aromatic nitrogens is 4. The normalized spacial score (nSPS) is 29.2.